The van der Waals surface area contributed by atoms with E-state index in [2.05, 4.69) is 37.3 Å². The van der Waals surface area contributed by atoms with Crippen LogP contribution in [0, 0.1) is 5.92 Å². The number of fused-ring (bicyclic) bond motifs is 1. The van der Waals surface area contributed by atoms with Crippen molar-refractivity contribution in [2.75, 3.05) is 13.7 Å². The van der Waals surface area contributed by atoms with Crippen molar-refractivity contribution in [3.05, 3.63) is 89.3 Å². The number of nitrogens with zero attached hydrogens (tertiary/aromatic N) is 1. The van der Waals surface area contributed by atoms with Crippen molar-refractivity contribution in [1.29, 1.82) is 0 Å². The highest BCUT2D eigenvalue weighted by atomic mass is 16.5. The molecule has 0 spiro atoms. The molecule has 3 aromatic rings. The van der Waals surface area contributed by atoms with Crippen molar-refractivity contribution >= 4 is 11.5 Å². The quantitative estimate of drug-likeness (QED) is 0.309. The van der Waals surface area contributed by atoms with Crippen LogP contribution in [0.2, 0.25) is 0 Å². The maximum Gasteiger partial charge on any atom is 0.309 e. The number of aromatic nitrogens is 1. The lowest BCUT2D eigenvalue weighted by molar-refractivity contribution is -0.146. The zero-order chi connectivity index (χ0) is 24.9. The van der Waals surface area contributed by atoms with Gasteiger partial charge in [-0.3, -0.25) is 4.79 Å². The first-order valence-corrected chi connectivity index (χ1v) is 12.9. The number of aryl methyl sites for hydroxylation is 1. The fraction of sp³-hybridized carbons (Fsp3) is 0.355. The number of oxazole rings is 1. The van der Waals surface area contributed by atoms with E-state index in [1.54, 1.807) is 0 Å². The van der Waals surface area contributed by atoms with Crippen molar-refractivity contribution in [1.82, 2.24) is 4.98 Å². The summed E-state index contributed by atoms with van der Waals surface area (Å²) in [7, 11) is 1.47. The van der Waals surface area contributed by atoms with Gasteiger partial charge in [-0.2, -0.15) is 0 Å². The van der Waals surface area contributed by atoms with Crippen LogP contribution in [0.3, 0.4) is 0 Å². The summed E-state index contributed by atoms with van der Waals surface area (Å²) in [5.74, 6) is 2.34. The second-order valence-corrected chi connectivity index (χ2v) is 9.44. The van der Waals surface area contributed by atoms with Gasteiger partial charge in [-0.15, -0.1) is 0 Å². The molecule has 0 N–H and O–H groups in total. The van der Waals surface area contributed by atoms with Crippen LogP contribution in [-0.2, 0) is 22.4 Å². The number of carbonyl (C=O) groups is 1. The summed E-state index contributed by atoms with van der Waals surface area (Å²) in [6.07, 6.45) is 11.9. The van der Waals surface area contributed by atoms with Crippen LogP contribution in [0.25, 0.3) is 17.0 Å². The molecule has 186 valence electrons. The van der Waals surface area contributed by atoms with E-state index < -0.39 is 0 Å². The van der Waals surface area contributed by atoms with Crippen LogP contribution in [0.1, 0.15) is 61.1 Å². The van der Waals surface area contributed by atoms with Gasteiger partial charge in [0.2, 0.25) is 5.89 Å². The third kappa shape index (κ3) is 5.01. The Bertz CT molecular complexity index is 1270. The number of benzene rings is 2. The van der Waals surface area contributed by atoms with Crippen LogP contribution in [0.4, 0.5) is 0 Å². The van der Waals surface area contributed by atoms with E-state index in [1.165, 1.54) is 18.2 Å². The van der Waals surface area contributed by atoms with E-state index in [0.717, 1.165) is 60.4 Å². The van der Waals surface area contributed by atoms with Gasteiger partial charge in [0.05, 0.1) is 25.3 Å². The first kappa shape index (κ1) is 24.1. The minimum absolute atomic E-state index is 0.0874. The highest BCUT2D eigenvalue weighted by Crippen LogP contribution is 2.41. The molecular formula is C31H33NO4. The number of rotatable bonds is 9. The summed E-state index contributed by atoms with van der Waals surface area (Å²) in [5, 5.41) is 0. The van der Waals surface area contributed by atoms with Gasteiger partial charge in [-0.05, 0) is 73.4 Å². The van der Waals surface area contributed by atoms with Crippen LogP contribution >= 0.6 is 0 Å². The molecule has 0 radical (unpaired) electrons. The number of hydrogen-bond acceptors (Lipinski definition) is 5. The molecule has 0 saturated carbocycles. The van der Waals surface area contributed by atoms with Gasteiger partial charge in [-0.1, -0.05) is 49.4 Å². The van der Waals surface area contributed by atoms with Gasteiger partial charge >= 0.3 is 5.97 Å². The lowest BCUT2D eigenvalue weighted by Gasteiger charge is -2.21. The van der Waals surface area contributed by atoms with Gasteiger partial charge in [0.15, 0.2) is 5.76 Å². The van der Waals surface area contributed by atoms with Crippen molar-refractivity contribution < 1.29 is 18.7 Å². The van der Waals surface area contributed by atoms with E-state index >= 15 is 0 Å². The lowest BCUT2D eigenvalue weighted by atomic mass is 9.85. The number of allylic oxidation sites excluding steroid dienone is 4. The molecule has 2 aliphatic rings. The van der Waals surface area contributed by atoms with E-state index in [0.29, 0.717) is 18.9 Å². The average Bonchev–Trinajstić information content (AvgIpc) is 3.55. The maximum absolute atomic E-state index is 12.2. The average molecular weight is 484 g/mol. The zero-order valence-electron chi connectivity index (χ0n) is 21.0. The van der Waals surface area contributed by atoms with E-state index in [4.69, 9.17) is 18.9 Å². The molecule has 0 fully saturated rings. The van der Waals surface area contributed by atoms with Crippen LogP contribution in [0.5, 0.6) is 5.75 Å². The molecule has 2 atom stereocenters. The summed E-state index contributed by atoms with van der Waals surface area (Å²) >= 11 is 0. The fourth-order valence-corrected chi connectivity index (χ4v) is 5.40. The Labute approximate surface area is 212 Å². The van der Waals surface area contributed by atoms with Crippen molar-refractivity contribution in [3.8, 4) is 17.2 Å². The summed E-state index contributed by atoms with van der Waals surface area (Å²) in [6, 6.07) is 16.3. The molecule has 0 aliphatic heterocycles. The van der Waals surface area contributed by atoms with E-state index in [9.17, 15) is 4.79 Å². The largest absolute Gasteiger partial charge is 0.493 e. The van der Waals surface area contributed by atoms with Crippen LogP contribution in [0.15, 0.2) is 71.2 Å². The van der Waals surface area contributed by atoms with E-state index in [1.807, 2.05) is 36.4 Å². The Hall–Kier alpha value is -3.60. The topological polar surface area (TPSA) is 61.6 Å². The molecule has 2 aliphatic carbocycles. The monoisotopic (exact) mass is 483 g/mol. The molecule has 5 heteroatoms. The molecule has 2 aromatic carbocycles. The van der Waals surface area contributed by atoms with Crippen molar-refractivity contribution in [3.63, 3.8) is 0 Å². The molecule has 2 unspecified atom stereocenters. The van der Waals surface area contributed by atoms with Gasteiger partial charge in [0.1, 0.15) is 5.75 Å². The van der Waals surface area contributed by atoms with Crippen LogP contribution < -0.4 is 4.74 Å². The smallest absolute Gasteiger partial charge is 0.309 e. The second-order valence-electron chi connectivity index (χ2n) is 9.44. The summed E-state index contributed by atoms with van der Waals surface area (Å²) in [5.41, 5.74) is 5.49. The van der Waals surface area contributed by atoms with Crippen molar-refractivity contribution in [2.24, 2.45) is 5.92 Å². The third-order valence-electron chi connectivity index (χ3n) is 7.25. The predicted molar refractivity (Wildman–Crippen MR) is 141 cm³/mol. The Morgan fingerprint density at radius 3 is 2.78 bits per heavy atom. The number of ether oxygens (including phenoxy) is 2. The van der Waals surface area contributed by atoms with Gasteiger partial charge in [0.25, 0.3) is 0 Å². The van der Waals surface area contributed by atoms with Gasteiger partial charge in [-0.25, -0.2) is 4.98 Å². The third-order valence-corrected chi connectivity index (χ3v) is 7.25. The summed E-state index contributed by atoms with van der Waals surface area (Å²) in [4.78, 5) is 17.1. The first-order chi connectivity index (χ1) is 17.7. The minimum Gasteiger partial charge on any atom is -0.493 e. The summed E-state index contributed by atoms with van der Waals surface area (Å²) in [6.45, 7) is 2.56. The molecule has 36 heavy (non-hydrogen) atoms. The zero-order valence-corrected chi connectivity index (χ0v) is 21.0. The molecule has 5 nitrogen and oxygen atoms in total. The summed E-state index contributed by atoms with van der Waals surface area (Å²) < 4.78 is 17.5. The number of methoxy groups -OCH3 is 1. The molecule has 1 aromatic heterocycles. The van der Waals surface area contributed by atoms with Crippen molar-refractivity contribution in [2.45, 2.75) is 51.4 Å². The minimum atomic E-state index is -0.114. The molecular weight excluding hydrogens is 450 g/mol. The first-order valence-electron chi connectivity index (χ1n) is 12.9. The molecule has 0 bridgehead atoms. The predicted octanol–water partition coefficient (Wildman–Crippen LogP) is 6.93. The number of esters is 1. The highest BCUT2D eigenvalue weighted by Gasteiger charge is 2.34. The number of carbonyl (C=O) groups excluding carboxylic acids is 1. The molecule has 0 saturated heterocycles. The van der Waals surface area contributed by atoms with Crippen LogP contribution in [-0.4, -0.2) is 24.7 Å². The maximum atomic E-state index is 12.2. The lowest BCUT2D eigenvalue weighted by Crippen LogP contribution is -2.21. The Kier molecular flexibility index (Phi) is 7.36. The highest BCUT2D eigenvalue weighted by molar-refractivity contribution is 5.74. The van der Waals surface area contributed by atoms with Gasteiger partial charge in [0, 0.05) is 17.6 Å². The fourth-order valence-electron chi connectivity index (χ4n) is 5.40. The Morgan fingerprint density at radius 2 is 2.03 bits per heavy atom. The molecule has 5 rings (SSSR count). The van der Waals surface area contributed by atoms with E-state index in [-0.39, 0.29) is 17.8 Å². The van der Waals surface area contributed by atoms with Gasteiger partial charge < -0.3 is 13.9 Å². The SMILES string of the molecule is CCC(C(=O)OC)C1CCc2cc(OCCc3nc(-c4ccccc4)oc3C3=CCCC=C3)ccc21. The standard InChI is InChI=1S/C31H33NO4/c1-3-25(31(33)34-2)27-16-14-23-20-24(15-17-26(23)27)35-19-18-28-29(21-10-6-4-7-11-21)36-30(32-28)22-12-8-5-9-13-22/h5-6,8-13,15,17,20,25,27H,3-4,7,14,16,18-19H2,1-2H3. The number of hydrogen-bond donors (Lipinski definition) is 0. The Morgan fingerprint density at radius 1 is 1.17 bits per heavy atom. The normalized spacial score (nSPS) is 17.4. The second kappa shape index (κ2) is 11.0. The Balaban J connectivity index is 1.30. The molecule has 1 heterocycles. The molecule has 0 amide bonds.